The summed E-state index contributed by atoms with van der Waals surface area (Å²) in [5.74, 6) is -1.03. The third-order valence-electron chi connectivity index (χ3n) is 2.99. The minimum absolute atomic E-state index is 0.138. The standard InChI is InChI=1S/C12H15BrN2O3/c1-5-6-12(7-8(2)13)9(16)14(3)11(18)15(4)10(12)17/h5H,1-2,6-7H2,3-4H3. The second-order valence-electron chi connectivity index (χ2n) is 4.28. The average Bonchev–Trinajstić information content (AvgIpc) is 2.31. The Morgan fingerprint density at radius 3 is 2.06 bits per heavy atom. The van der Waals surface area contributed by atoms with Crippen molar-refractivity contribution < 1.29 is 14.4 Å². The van der Waals surface area contributed by atoms with Crippen LogP contribution in [0.4, 0.5) is 4.79 Å². The molecule has 1 aliphatic heterocycles. The number of urea groups is 1. The molecule has 0 atom stereocenters. The van der Waals surface area contributed by atoms with Crippen molar-refractivity contribution in [2.45, 2.75) is 12.8 Å². The maximum atomic E-state index is 12.3. The molecule has 4 amide bonds. The zero-order chi connectivity index (χ0) is 14.1. The highest BCUT2D eigenvalue weighted by Gasteiger charge is 2.54. The Morgan fingerprint density at radius 2 is 1.72 bits per heavy atom. The van der Waals surface area contributed by atoms with Crippen LogP contribution in [0.2, 0.25) is 0 Å². The molecular formula is C12H15BrN2O3. The SMILES string of the molecule is C=CCC1(CC(=C)Br)C(=O)N(C)C(=O)N(C)C1=O. The monoisotopic (exact) mass is 314 g/mol. The van der Waals surface area contributed by atoms with Gasteiger partial charge in [-0.3, -0.25) is 19.4 Å². The highest BCUT2D eigenvalue weighted by atomic mass is 79.9. The summed E-state index contributed by atoms with van der Waals surface area (Å²) < 4.78 is 0.530. The van der Waals surface area contributed by atoms with E-state index in [1.165, 1.54) is 20.2 Å². The van der Waals surface area contributed by atoms with E-state index in [2.05, 4.69) is 29.1 Å². The van der Waals surface area contributed by atoms with Gasteiger partial charge in [-0.2, -0.15) is 0 Å². The fourth-order valence-electron chi connectivity index (χ4n) is 2.10. The van der Waals surface area contributed by atoms with E-state index in [4.69, 9.17) is 0 Å². The Hall–Kier alpha value is -1.43. The largest absolute Gasteiger partial charge is 0.332 e. The average molecular weight is 315 g/mol. The van der Waals surface area contributed by atoms with E-state index in [1.54, 1.807) is 0 Å². The minimum atomic E-state index is -1.32. The summed E-state index contributed by atoms with van der Waals surface area (Å²) >= 11 is 3.17. The number of rotatable bonds is 4. The molecule has 5 nitrogen and oxygen atoms in total. The number of halogens is 1. The van der Waals surface area contributed by atoms with E-state index in [0.717, 1.165) is 9.80 Å². The van der Waals surface area contributed by atoms with Gasteiger partial charge in [-0.25, -0.2) is 4.79 Å². The van der Waals surface area contributed by atoms with Gasteiger partial charge in [0.15, 0.2) is 0 Å². The van der Waals surface area contributed by atoms with Crippen LogP contribution in [0.15, 0.2) is 23.7 Å². The van der Waals surface area contributed by atoms with Gasteiger partial charge in [-0.1, -0.05) is 28.6 Å². The quantitative estimate of drug-likeness (QED) is 0.588. The van der Waals surface area contributed by atoms with Crippen molar-refractivity contribution in [3.05, 3.63) is 23.7 Å². The predicted molar refractivity (Wildman–Crippen MR) is 70.9 cm³/mol. The number of hydrogen-bond acceptors (Lipinski definition) is 3. The van der Waals surface area contributed by atoms with Gasteiger partial charge in [0.1, 0.15) is 5.41 Å². The number of nitrogens with zero attached hydrogens (tertiary/aromatic N) is 2. The van der Waals surface area contributed by atoms with Crippen molar-refractivity contribution in [3.8, 4) is 0 Å². The van der Waals surface area contributed by atoms with E-state index in [0.29, 0.717) is 4.48 Å². The molecule has 0 N–H and O–H groups in total. The molecule has 0 spiro atoms. The third kappa shape index (κ3) is 2.12. The van der Waals surface area contributed by atoms with Crippen molar-refractivity contribution in [2.75, 3.05) is 14.1 Å². The summed E-state index contributed by atoms with van der Waals surface area (Å²) in [6.45, 7) is 7.24. The lowest BCUT2D eigenvalue weighted by atomic mass is 9.77. The van der Waals surface area contributed by atoms with Gasteiger partial charge < -0.3 is 0 Å². The first-order valence-corrected chi connectivity index (χ1v) is 6.11. The topological polar surface area (TPSA) is 57.7 Å². The number of hydrogen-bond donors (Lipinski definition) is 0. The fraction of sp³-hybridized carbons (Fsp3) is 0.417. The normalized spacial score (nSPS) is 19.2. The third-order valence-corrected chi connectivity index (χ3v) is 3.27. The molecule has 0 aromatic carbocycles. The molecule has 6 heteroatoms. The Bertz CT molecular complexity index is 421. The first-order valence-electron chi connectivity index (χ1n) is 5.32. The molecule has 1 fully saturated rings. The highest BCUT2D eigenvalue weighted by Crippen LogP contribution is 2.39. The van der Waals surface area contributed by atoms with E-state index < -0.39 is 23.3 Å². The summed E-state index contributed by atoms with van der Waals surface area (Å²) in [7, 11) is 2.73. The lowest BCUT2D eigenvalue weighted by Crippen LogP contribution is -2.62. The molecule has 18 heavy (non-hydrogen) atoms. The lowest BCUT2D eigenvalue weighted by molar-refractivity contribution is -0.156. The molecule has 1 saturated heterocycles. The summed E-state index contributed by atoms with van der Waals surface area (Å²) in [5, 5.41) is 0. The van der Waals surface area contributed by atoms with E-state index >= 15 is 0 Å². The first-order chi connectivity index (χ1) is 8.27. The van der Waals surface area contributed by atoms with Crippen molar-refractivity contribution in [1.29, 1.82) is 0 Å². The van der Waals surface area contributed by atoms with Crippen LogP contribution in [0.5, 0.6) is 0 Å². The minimum Gasteiger partial charge on any atom is -0.273 e. The molecule has 0 aromatic heterocycles. The fourth-order valence-corrected chi connectivity index (χ4v) is 2.58. The molecule has 98 valence electrons. The number of carbonyl (C=O) groups excluding carboxylic acids is 3. The number of allylic oxidation sites excluding steroid dienone is 2. The molecular weight excluding hydrogens is 300 g/mol. The molecule has 0 aliphatic carbocycles. The summed E-state index contributed by atoms with van der Waals surface area (Å²) in [6, 6.07) is -0.620. The van der Waals surface area contributed by atoms with E-state index in [9.17, 15) is 14.4 Å². The zero-order valence-corrected chi connectivity index (χ0v) is 12.0. The first kappa shape index (κ1) is 14.6. The number of imide groups is 2. The Morgan fingerprint density at radius 1 is 1.28 bits per heavy atom. The van der Waals surface area contributed by atoms with Crippen LogP contribution in [0, 0.1) is 5.41 Å². The van der Waals surface area contributed by atoms with Crippen LogP contribution in [0.3, 0.4) is 0 Å². The Labute approximate surface area is 114 Å². The van der Waals surface area contributed by atoms with Crippen LogP contribution in [0.1, 0.15) is 12.8 Å². The Kier molecular flexibility index (Phi) is 4.11. The van der Waals surface area contributed by atoms with Crippen LogP contribution in [0.25, 0.3) is 0 Å². The molecule has 0 bridgehead atoms. The van der Waals surface area contributed by atoms with Gasteiger partial charge in [0.2, 0.25) is 11.8 Å². The highest BCUT2D eigenvalue weighted by molar-refractivity contribution is 9.11. The van der Waals surface area contributed by atoms with Gasteiger partial charge in [0, 0.05) is 20.5 Å². The number of barbiturate groups is 1. The molecule has 0 radical (unpaired) electrons. The maximum Gasteiger partial charge on any atom is 0.332 e. The van der Waals surface area contributed by atoms with Crippen molar-refractivity contribution >= 4 is 33.8 Å². The number of amides is 4. The second-order valence-corrected chi connectivity index (χ2v) is 5.40. The van der Waals surface area contributed by atoms with Crippen LogP contribution in [-0.4, -0.2) is 41.7 Å². The van der Waals surface area contributed by atoms with Crippen LogP contribution < -0.4 is 0 Å². The van der Waals surface area contributed by atoms with Crippen molar-refractivity contribution in [1.82, 2.24) is 9.80 Å². The van der Waals surface area contributed by atoms with Gasteiger partial charge >= 0.3 is 6.03 Å². The molecule has 1 aliphatic rings. The van der Waals surface area contributed by atoms with Gasteiger partial charge in [0.05, 0.1) is 0 Å². The predicted octanol–water partition coefficient (Wildman–Crippen LogP) is 1.90. The summed E-state index contributed by atoms with van der Waals surface area (Å²) in [6.07, 6.45) is 1.80. The van der Waals surface area contributed by atoms with Crippen molar-refractivity contribution in [2.24, 2.45) is 5.41 Å². The van der Waals surface area contributed by atoms with Crippen molar-refractivity contribution in [3.63, 3.8) is 0 Å². The second kappa shape index (κ2) is 5.06. The zero-order valence-electron chi connectivity index (χ0n) is 10.4. The molecule has 0 aromatic rings. The van der Waals surface area contributed by atoms with Gasteiger partial charge in [-0.05, 0) is 10.9 Å². The van der Waals surface area contributed by atoms with E-state index in [-0.39, 0.29) is 12.8 Å². The van der Waals surface area contributed by atoms with Crippen LogP contribution in [-0.2, 0) is 9.59 Å². The molecule has 1 heterocycles. The molecule has 1 rings (SSSR count). The number of carbonyl (C=O) groups is 3. The summed E-state index contributed by atoms with van der Waals surface area (Å²) in [4.78, 5) is 38.2. The maximum absolute atomic E-state index is 12.3. The van der Waals surface area contributed by atoms with Gasteiger partial charge in [0.25, 0.3) is 0 Å². The van der Waals surface area contributed by atoms with E-state index in [1.807, 2.05) is 0 Å². The van der Waals surface area contributed by atoms with Crippen LogP contribution >= 0.6 is 15.9 Å². The van der Waals surface area contributed by atoms with Gasteiger partial charge in [-0.15, -0.1) is 6.58 Å². The molecule has 0 saturated carbocycles. The molecule has 0 unspecified atom stereocenters. The Balaban J connectivity index is 3.32. The smallest absolute Gasteiger partial charge is 0.273 e. The summed E-state index contributed by atoms with van der Waals surface area (Å²) in [5.41, 5.74) is -1.32. The lowest BCUT2D eigenvalue weighted by Gasteiger charge is -2.41.